The molecule has 0 saturated heterocycles. The number of anilines is 1. The van der Waals surface area contributed by atoms with Crippen molar-refractivity contribution in [1.29, 1.82) is 0 Å². The van der Waals surface area contributed by atoms with Gasteiger partial charge in [-0.3, -0.25) is 9.59 Å². The van der Waals surface area contributed by atoms with Crippen LogP contribution in [0.3, 0.4) is 0 Å². The van der Waals surface area contributed by atoms with E-state index in [1.165, 1.54) is 19.1 Å². The third-order valence-electron chi connectivity index (χ3n) is 2.66. The quantitative estimate of drug-likeness (QED) is 0.867. The zero-order valence-electron chi connectivity index (χ0n) is 10.6. The van der Waals surface area contributed by atoms with Crippen molar-refractivity contribution in [3.05, 3.63) is 63.9 Å². The van der Waals surface area contributed by atoms with Crippen LogP contribution in [-0.4, -0.2) is 11.7 Å². The van der Waals surface area contributed by atoms with Crippen LogP contribution >= 0.6 is 15.9 Å². The van der Waals surface area contributed by atoms with Crippen molar-refractivity contribution in [3.8, 4) is 0 Å². The molecule has 20 heavy (non-hydrogen) atoms. The van der Waals surface area contributed by atoms with E-state index in [-0.39, 0.29) is 15.9 Å². The number of rotatable bonds is 3. The molecular formula is C15H11BrFNO2. The molecule has 0 aliphatic rings. The van der Waals surface area contributed by atoms with Crippen molar-refractivity contribution in [3.63, 3.8) is 0 Å². The first-order chi connectivity index (χ1) is 9.49. The Morgan fingerprint density at radius 2 is 1.75 bits per heavy atom. The third kappa shape index (κ3) is 3.11. The van der Waals surface area contributed by atoms with Gasteiger partial charge >= 0.3 is 0 Å². The summed E-state index contributed by atoms with van der Waals surface area (Å²) in [5.41, 5.74) is 0.950. The second-order valence-electron chi connectivity index (χ2n) is 4.19. The van der Waals surface area contributed by atoms with Gasteiger partial charge in [0.2, 0.25) is 5.91 Å². The fraction of sp³-hybridized carbons (Fsp3) is 0.0667. The number of amides is 1. The predicted molar refractivity (Wildman–Crippen MR) is 78.3 cm³/mol. The van der Waals surface area contributed by atoms with Gasteiger partial charge in [-0.1, -0.05) is 6.07 Å². The number of ketones is 1. The topological polar surface area (TPSA) is 46.2 Å². The summed E-state index contributed by atoms with van der Waals surface area (Å²) in [5, 5.41) is 2.60. The summed E-state index contributed by atoms with van der Waals surface area (Å²) in [5.74, 6) is -1.18. The molecule has 0 saturated carbocycles. The number of carbonyl (C=O) groups is 2. The fourth-order valence-corrected chi connectivity index (χ4v) is 2.11. The molecule has 0 aromatic heterocycles. The molecule has 5 heteroatoms. The summed E-state index contributed by atoms with van der Waals surface area (Å²) in [7, 11) is 0. The maximum Gasteiger partial charge on any atom is 0.221 e. The van der Waals surface area contributed by atoms with Crippen molar-refractivity contribution in [2.75, 3.05) is 5.32 Å². The largest absolute Gasteiger partial charge is 0.326 e. The zero-order chi connectivity index (χ0) is 14.7. The fourth-order valence-electron chi connectivity index (χ4n) is 1.74. The Morgan fingerprint density at radius 3 is 2.35 bits per heavy atom. The molecule has 2 aromatic rings. The molecule has 2 aromatic carbocycles. The van der Waals surface area contributed by atoms with Gasteiger partial charge in [0.25, 0.3) is 0 Å². The smallest absolute Gasteiger partial charge is 0.221 e. The lowest BCUT2D eigenvalue weighted by Crippen LogP contribution is -2.07. The van der Waals surface area contributed by atoms with Crippen LogP contribution in [0.25, 0.3) is 0 Å². The van der Waals surface area contributed by atoms with Gasteiger partial charge in [-0.2, -0.15) is 0 Å². The molecule has 3 nitrogen and oxygen atoms in total. The van der Waals surface area contributed by atoms with Gasteiger partial charge < -0.3 is 5.32 Å². The van der Waals surface area contributed by atoms with E-state index in [0.29, 0.717) is 11.3 Å². The Bertz CT molecular complexity index is 668. The van der Waals surface area contributed by atoms with E-state index < -0.39 is 11.6 Å². The maximum absolute atomic E-state index is 13.9. The lowest BCUT2D eigenvalue weighted by Gasteiger charge is -2.06. The van der Waals surface area contributed by atoms with Gasteiger partial charge in [0.15, 0.2) is 5.78 Å². The summed E-state index contributed by atoms with van der Waals surface area (Å²) in [4.78, 5) is 23.1. The summed E-state index contributed by atoms with van der Waals surface area (Å²) >= 11 is 3.05. The number of hydrogen-bond acceptors (Lipinski definition) is 2. The lowest BCUT2D eigenvalue weighted by atomic mass is 10.0. The molecule has 1 amide bonds. The molecule has 0 radical (unpaired) electrons. The molecule has 0 aliphatic heterocycles. The Labute approximate surface area is 123 Å². The minimum atomic E-state index is -0.580. The maximum atomic E-state index is 13.9. The van der Waals surface area contributed by atoms with Crippen molar-refractivity contribution in [2.45, 2.75) is 6.92 Å². The molecule has 1 N–H and O–H groups in total. The van der Waals surface area contributed by atoms with E-state index in [2.05, 4.69) is 21.2 Å². The molecular weight excluding hydrogens is 325 g/mol. The van der Waals surface area contributed by atoms with Crippen molar-refractivity contribution in [2.24, 2.45) is 0 Å². The van der Waals surface area contributed by atoms with Gasteiger partial charge in [-0.25, -0.2) is 4.39 Å². The Balaban J connectivity index is 2.29. The average molecular weight is 336 g/mol. The van der Waals surface area contributed by atoms with Crippen molar-refractivity contribution in [1.82, 2.24) is 0 Å². The van der Waals surface area contributed by atoms with Gasteiger partial charge in [-0.15, -0.1) is 0 Å². The highest BCUT2D eigenvalue weighted by molar-refractivity contribution is 9.10. The number of nitrogens with one attached hydrogen (secondary N) is 1. The molecule has 0 heterocycles. The SMILES string of the molecule is CC(=O)Nc1ccc(C(=O)c2cccc(Br)c2F)cc1. The third-order valence-corrected chi connectivity index (χ3v) is 3.28. The van der Waals surface area contributed by atoms with Crippen molar-refractivity contribution >= 4 is 33.3 Å². The predicted octanol–water partition coefficient (Wildman–Crippen LogP) is 3.78. The van der Waals surface area contributed by atoms with Crippen LogP contribution in [-0.2, 0) is 4.79 Å². The number of hydrogen-bond donors (Lipinski definition) is 1. The van der Waals surface area contributed by atoms with Crippen LogP contribution in [0.5, 0.6) is 0 Å². The van der Waals surface area contributed by atoms with Crippen LogP contribution in [0.15, 0.2) is 46.9 Å². The highest BCUT2D eigenvalue weighted by atomic mass is 79.9. The second-order valence-corrected chi connectivity index (χ2v) is 5.04. The molecule has 0 unspecified atom stereocenters. The molecule has 2 rings (SSSR count). The first-order valence-corrected chi connectivity index (χ1v) is 6.64. The molecule has 102 valence electrons. The molecule has 0 atom stereocenters. The van der Waals surface area contributed by atoms with Crippen LogP contribution < -0.4 is 5.32 Å². The van der Waals surface area contributed by atoms with Crippen molar-refractivity contribution < 1.29 is 14.0 Å². The molecule has 0 spiro atoms. The number of benzene rings is 2. The van der Waals surface area contributed by atoms with E-state index in [1.807, 2.05) is 0 Å². The summed E-state index contributed by atoms with van der Waals surface area (Å²) in [6.07, 6.45) is 0. The van der Waals surface area contributed by atoms with Gasteiger partial charge in [0.05, 0.1) is 10.0 Å². The minimum absolute atomic E-state index is 0.00616. The average Bonchev–Trinajstić information content (AvgIpc) is 2.41. The normalized spacial score (nSPS) is 10.2. The van der Waals surface area contributed by atoms with Gasteiger partial charge in [0.1, 0.15) is 5.82 Å². The van der Waals surface area contributed by atoms with Crippen LogP contribution in [0, 0.1) is 5.82 Å². The Morgan fingerprint density at radius 1 is 1.10 bits per heavy atom. The second kappa shape index (κ2) is 5.96. The van der Waals surface area contributed by atoms with Crippen LogP contribution in [0.2, 0.25) is 0 Å². The van der Waals surface area contributed by atoms with E-state index in [1.54, 1.807) is 30.3 Å². The highest BCUT2D eigenvalue weighted by Gasteiger charge is 2.15. The van der Waals surface area contributed by atoms with E-state index in [9.17, 15) is 14.0 Å². The first-order valence-electron chi connectivity index (χ1n) is 5.85. The van der Waals surface area contributed by atoms with Crippen LogP contribution in [0.1, 0.15) is 22.8 Å². The van der Waals surface area contributed by atoms with Gasteiger partial charge in [-0.05, 0) is 52.3 Å². The van der Waals surface area contributed by atoms with E-state index in [0.717, 1.165) is 0 Å². The van der Waals surface area contributed by atoms with E-state index >= 15 is 0 Å². The summed E-state index contributed by atoms with van der Waals surface area (Å²) in [6.45, 7) is 1.40. The molecule has 0 bridgehead atoms. The molecule has 0 aliphatic carbocycles. The monoisotopic (exact) mass is 335 g/mol. The molecule has 0 fully saturated rings. The summed E-state index contributed by atoms with van der Waals surface area (Å²) in [6, 6.07) is 10.9. The minimum Gasteiger partial charge on any atom is -0.326 e. The van der Waals surface area contributed by atoms with Crippen LogP contribution in [0.4, 0.5) is 10.1 Å². The number of halogens is 2. The Kier molecular flexibility index (Phi) is 4.29. The van der Waals surface area contributed by atoms with E-state index in [4.69, 9.17) is 0 Å². The standard InChI is InChI=1S/C15H11BrFNO2/c1-9(19)18-11-7-5-10(6-8-11)15(20)12-3-2-4-13(16)14(12)17/h2-8H,1H3,(H,18,19). The summed E-state index contributed by atoms with van der Waals surface area (Å²) < 4.78 is 14.1. The van der Waals surface area contributed by atoms with Gasteiger partial charge in [0, 0.05) is 18.2 Å². The highest BCUT2D eigenvalue weighted by Crippen LogP contribution is 2.21. The Hall–Kier alpha value is -2.01. The number of carbonyl (C=O) groups excluding carboxylic acids is 2. The zero-order valence-corrected chi connectivity index (χ0v) is 12.2. The lowest BCUT2D eigenvalue weighted by molar-refractivity contribution is -0.114. The first kappa shape index (κ1) is 14.4.